The molecule has 5 rings (SSSR count). The van der Waals surface area contributed by atoms with Gasteiger partial charge in [-0.1, -0.05) is 66.7 Å². The predicted molar refractivity (Wildman–Crippen MR) is 224 cm³/mol. The highest BCUT2D eigenvalue weighted by Crippen LogP contribution is 2.42. The molecular weight excluding hydrogens is 787 g/mol. The van der Waals surface area contributed by atoms with E-state index in [1.807, 2.05) is 54.6 Å². The van der Waals surface area contributed by atoms with Crippen molar-refractivity contribution in [2.75, 3.05) is 32.2 Å². The fourth-order valence-corrected chi connectivity index (χ4v) is 8.47. The molecule has 61 heavy (non-hydrogen) atoms. The number of amides is 6. The number of nitrogens with two attached hydrogens (primary N) is 2. The van der Waals surface area contributed by atoms with Crippen molar-refractivity contribution in [3.63, 3.8) is 0 Å². The number of hydrogen-bond donors (Lipinski definition) is 6. The molecule has 3 aromatic rings. The van der Waals surface area contributed by atoms with Crippen LogP contribution in [0.2, 0.25) is 0 Å². The number of ether oxygens (including phenoxy) is 2. The number of rotatable bonds is 15. The molecule has 2 saturated heterocycles. The van der Waals surface area contributed by atoms with E-state index in [4.69, 9.17) is 11.5 Å². The second-order valence-corrected chi connectivity index (χ2v) is 16.7. The predicted octanol–water partition coefficient (Wildman–Crippen LogP) is 2.49. The van der Waals surface area contributed by atoms with Crippen molar-refractivity contribution in [2.24, 2.45) is 11.5 Å². The number of benzene rings is 3. The number of nitrogens with zero attached hydrogens (tertiary/aromatic N) is 3. The number of para-hydroxylation sites is 1. The molecule has 2 heterocycles. The summed E-state index contributed by atoms with van der Waals surface area (Å²) < 4.78 is 9.38. The maximum Gasteiger partial charge on any atom is 0.407 e. The molecule has 0 bridgehead atoms. The molecule has 6 amide bonds. The molecule has 0 radical (unpaired) electrons. The highest BCUT2D eigenvalue weighted by atomic mass is 16.5. The number of anilines is 1. The SMILES string of the molecule is COC(=O)N[C@H](C(=O)N1CCC[C@@]1(C(N)=O)c1ccc(CN(Cc2ccc([C@]3(C(N)=O)CCCN3C(=O)[C@@H](NC(=O)OC)C(C)(C)O)cc2)c2ccccc2)cc1)C(C)(C)O. The summed E-state index contributed by atoms with van der Waals surface area (Å²) in [7, 11) is 2.28. The first kappa shape index (κ1) is 45.9. The Balaban J connectivity index is 1.42. The normalized spacial score (nSPS) is 20.0. The van der Waals surface area contributed by atoms with Gasteiger partial charge in [0.05, 0.1) is 25.4 Å². The minimum absolute atomic E-state index is 0.169. The molecule has 4 atom stereocenters. The highest BCUT2D eigenvalue weighted by molar-refractivity contribution is 5.96. The molecule has 3 aromatic carbocycles. The van der Waals surface area contributed by atoms with E-state index < -0.39 is 70.2 Å². The minimum Gasteiger partial charge on any atom is -0.453 e. The van der Waals surface area contributed by atoms with Crippen molar-refractivity contribution in [2.45, 2.75) is 101 Å². The zero-order valence-corrected chi connectivity index (χ0v) is 35.5. The van der Waals surface area contributed by atoms with Gasteiger partial charge in [0.15, 0.2) is 0 Å². The monoisotopic (exact) mass is 843 g/mol. The first-order chi connectivity index (χ1) is 28.7. The topological polar surface area (TPSA) is 247 Å². The van der Waals surface area contributed by atoms with E-state index in [-0.39, 0.29) is 25.9 Å². The van der Waals surface area contributed by atoms with Gasteiger partial charge in [-0.2, -0.15) is 0 Å². The Labute approximate surface area is 355 Å². The molecule has 2 fully saturated rings. The largest absolute Gasteiger partial charge is 0.453 e. The molecule has 2 aliphatic rings. The van der Waals surface area contributed by atoms with E-state index in [0.717, 1.165) is 31.0 Å². The van der Waals surface area contributed by atoms with Crippen LogP contribution >= 0.6 is 0 Å². The van der Waals surface area contributed by atoms with Gasteiger partial charge in [-0.25, -0.2) is 9.59 Å². The number of primary amides is 2. The van der Waals surface area contributed by atoms with Gasteiger partial charge >= 0.3 is 12.2 Å². The fraction of sp³-hybridized carbons (Fsp3) is 0.455. The molecule has 0 aliphatic carbocycles. The van der Waals surface area contributed by atoms with E-state index in [9.17, 15) is 39.0 Å². The number of nitrogens with one attached hydrogen (secondary N) is 2. The fourth-order valence-electron chi connectivity index (χ4n) is 8.47. The third-order valence-corrected chi connectivity index (χ3v) is 11.6. The van der Waals surface area contributed by atoms with Crippen LogP contribution in [0.3, 0.4) is 0 Å². The molecule has 0 saturated carbocycles. The lowest BCUT2D eigenvalue weighted by Crippen LogP contribution is -2.63. The second-order valence-electron chi connectivity index (χ2n) is 16.7. The maximum atomic E-state index is 14.0. The van der Waals surface area contributed by atoms with Gasteiger partial charge in [0.1, 0.15) is 23.2 Å². The van der Waals surface area contributed by atoms with Crippen LogP contribution in [0.25, 0.3) is 0 Å². The quantitative estimate of drug-likeness (QED) is 0.130. The molecule has 0 spiro atoms. The maximum absolute atomic E-state index is 14.0. The number of carbonyl (C=O) groups is 6. The van der Waals surface area contributed by atoms with E-state index in [1.165, 1.54) is 37.5 Å². The molecular formula is C44H57N7O10. The first-order valence-electron chi connectivity index (χ1n) is 20.1. The van der Waals surface area contributed by atoms with Crippen LogP contribution in [0.4, 0.5) is 15.3 Å². The smallest absolute Gasteiger partial charge is 0.407 e. The van der Waals surface area contributed by atoms with Gasteiger partial charge in [-0.15, -0.1) is 0 Å². The highest BCUT2D eigenvalue weighted by Gasteiger charge is 2.54. The van der Waals surface area contributed by atoms with Crippen LogP contribution in [-0.4, -0.2) is 106 Å². The van der Waals surface area contributed by atoms with E-state index >= 15 is 0 Å². The van der Waals surface area contributed by atoms with Crippen LogP contribution in [0, 0.1) is 0 Å². The number of alkyl carbamates (subject to hydrolysis) is 2. The molecule has 17 nitrogen and oxygen atoms in total. The van der Waals surface area contributed by atoms with Crippen molar-refractivity contribution in [3.05, 3.63) is 101 Å². The number of methoxy groups -OCH3 is 2. The zero-order valence-electron chi connectivity index (χ0n) is 35.5. The van der Waals surface area contributed by atoms with Gasteiger partial charge < -0.3 is 56.5 Å². The van der Waals surface area contributed by atoms with Crippen molar-refractivity contribution in [1.82, 2.24) is 20.4 Å². The summed E-state index contributed by atoms with van der Waals surface area (Å²) in [6.45, 7) is 6.68. The Morgan fingerprint density at radius 3 is 1.33 bits per heavy atom. The van der Waals surface area contributed by atoms with Crippen molar-refractivity contribution >= 4 is 41.5 Å². The standard InChI is InChI=1S/C44H57N7O10/c1-41(2,58)33(47-39(56)60-5)35(52)50-24-10-22-43(50,37(45)54)30-18-14-28(15-19-30)26-49(32-12-8-7-9-13-32)27-29-16-20-31(21-17-29)44(38(46)55)23-11-25-51(44)36(53)34(42(3,4)59)48-40(57)61-6/h7-9,12-21,33-34,58-59H,10-11,22-27H2,1-6H3,(H2,45,54)(H2,46,55)(H,47,56)(H,48,57)/t33-,34-,43+,44+/m1/s1. The average molecular weight is 844 g/mol. The lowest BCUT2D eigenvalue weighted by atomic mass is 9.84. The molecule has 0 aromatic heterocycles. The Morgan fingerprint density at radius 1 is 0.656 bits per heavy atom. The van der Waals surface area contributed by atoms with Gasteiger partial charge in [0.2, 0.25) is 23.6 Å². The van der Waals surface area contributed by atoms with Gasteiger partial charge in [-0.3, -0.25) is 19.2 Å². The average Bonchev–Trinajstić information content (AvgIpc) is 3.88. The zero-order chi connectivity index (χ0) is 44.9. The summed E-state index contributed by atoms with van der Waals surface area (Å²) in [6, 6.07) is 21.3. The van der Waals surface area contributed by atoms with Crippen LogP contribution in [0.5, 0.6) is 0 Å². The molecule has 0 unspecified atom stereocenters. The van der Waals surface area contributed by atoms with Crippen molar-refractivity contribution < 1.29 is 48.5 Å². The third-order valence-electron chi connectivity index (χ3n) is 11.6. The van der Waals surface area contributed by atoms with E-state index in [0.29, 0.717) is 37.1 Å². The number of carbonyl (C=O) groups excluding carboxylic acids is 6. The first-order valence-corrected chi connectivity index (χ1v) is 20.1. The minimum atomic E-state index is -1.70. The van der Waals surface area contributed by atoms with Gasteiger partial charge in [0, 0.05) is 31.9 Å². The van der Waals surface area contributed by atoms with E-state index in [2.05, 4.69) is 25.0 Å². The van der Waals surface area contributed by atoms with Crippen LogP contribution in [0.15, 0.2) is 78.9 Å². The Kier molecular flexibility index (Phi) is 13.7. The molecule has 8 N–H and O–H groups in total. The third kappa shape index (κ3) is 9.42. The molecule has 2 aliphatic heterocycles. The summed E-state index contributed by atoms with van der Waals surface area (Å²) in [4.78, 5) is 83.8. The lowest BCUT2D eigenvalue weighted by molar-refractivity contribution is -0.150. The van der Waals surface area contributed by atoms with Gasteiger partial charge in [0.25, 0.3) is 0 Å². The molecule has 17 heteroatoms. The summed E-state index contributed by atoms with van der Waals surface area (Å²) in [5, 5.41) is 26.5. The molecule has 328 valence electrons. The Hall–Kier alpha value is -6.20. The van der Waals surface area contributed by atoms with Crippen LogP contribution < -0.4 is 27.0 Å². The number of likely N-dealkylation sites (tertiary alicyclic amines) is 2. The number of hydrogen-bond acceptors (Lipinski definition) is 11. The Bertz CT molecular complexity index is 1960. The summed E-state index contributed by atoms with van der Waals surface area (Å²) in [5.41, 5.74) is 9.29. The Morgan fingerprint density at radius 2 is 1.02 bits per heavy atom. The number of aliphatic hydroxyl groups is 2. The van der Waals surface area contributed by atoms with E-state index in [1.54, 1.807) is 24.3 Å². The second kappa shape index (κ2) is 18.2. The van der Waals surface area contributed by atoms with Gasteiger partial charge in [-0.05, 0) is 87.8 Å². The van der Waals surface area contributed by atoms with Crippen molar-refractivity contribution in [1.29, 1.82) is 0 Å². The lowest BCUT2D eigenvalue weighted by Gasteiger charge is -2.40. The summed E-state index contributed by atoms with van der Waals surface area (Å²) in [5.74, 6) is -2.85. The van der Waals surface area contributed by atoms with Crippen LogP contribution in [0.1, 0.15) is 75.6 Å². The summed E-state index contributed by atoms with van der Waals surface area (Å²) in [6.07, 6.45) is -0.440. The summed E-state index contributed by atoms with van der Waals surface area (Å²) >= 11 is 0. The van der Waals surface area contributed by atoms with Crippen molar-refractivity contribution in [3.8, 4) is 0 Å². The van der Waals surface area contributed by atoms with Crippen LogP contribution in [-0.2, 0) is 52.8 Å².